The second kappa shape index (κ2) is 8.90. The highest BCUT2D eigenvalue weighted by Gasteiger charge is 2.42. The third kappa shape index (κ3) is 4.72. The van der Waals surface area contributed by atoms with Crippen molar-refractivity contribution in [2.45, 2.75) is 31.6 Å². The highest BCUT2D eigenvalue weighted by Crippen LogP contribution is 2.41. The van der Waals surface area contributed by atoms with Crippen molar-refractivity contribution >= 4 is 5.82 Å². The molecule has 34 heavy (non-hydrogen) atoms. The Bertz CT molecular complexity index is 1160. The predicted molar refractivity (Wildman–Crippen MR) is 116 cm³/mol. The Balaban J connectivity index is 1.29. The molecule has 0 bridgehead atoms. The van der Waals surface area contributed by atoms with E-state index < -0.39 is 23.4 Å². The molecule has 178 valence electrons. The first kappa shape index (κ1) is 22.6. The zero-order valence-electron chi connectivity index (χ0n) is 18.1. The van der Waals surface area contributed by atoms with Crippen molar-refractivity contribution in [1.29, 1.82) is 0 Å². The fourth-order valence-corrected chi connectivity index (χ4v) is 5.10. The normalized spacial score (nSPS) is 21.1. The lowest BCUT2D eigenvalue weighted by molar-refractivity contribution is -0.137. The van der Waals surface area contributed by atoms with Crippen LogP contribution in [-0.2, 0) is 12.7 Å². The Hall–Kier alpha value is -3.14. The summed E-state index contributed by atoms with van der Waals surface area (Å²) in [6.45, 7) is 2.50. The van der Waals surface area contributed by atoms with E-state index in [0.29, 0.717) is 11.8 Å². The van der Waals surface area contributed by atoms with Gasteiger partial charge in [-0.15, -0.1) is 10.2 Å². The number of likely N-dealkylation sites (tertiary alicyclic amines) is 1. The summed E-state index contributed by atoms with van der Waals surface area (Å²) >= 11 is 0. The molecule has 0 radical (unpaired) electrons. The molecule has 1 aliphatic carbocycles. The number of nitrogens with one attached hydrogen (secondary N) is 1. The van der Waals surface area contributed by atoms with E-state index in [0.717, 1.165) is 62.4 Å². The van der Waals surface area contributed by atoms with Crippen molar-refractivity contribution in [1.82, 2.24) is 20.1 Å². The molecule has 10 heteroatoms. The topological polar surface area (TPSA) is 53.9 Å². The van der Waals surface area contributed by atoms with Gasteiger partial charge in [-0.1, -0.05) is 6.07 Å². The van der Waals surface area contributed by atoms with Crippen molar-refractivity contribution in [3.63, 3.8) is 0 Å². The number of rotatable bonds is 5. The molecule has 0 amide bonds. The monoisotopic (exact) mass is 475 g/mol. The van der Waals surface area contributed by atoms with Crippen molar-refractivity contribution in [2.24, 2.45) is 11.8 Å². The van der Waals surface area contributed by atoms with Crippen LogP contribution in [-0.4, -0.2) is 39.2 Å². The maximum absolute atomic E-state index is 14.1. The number of alkyl halides is 3. The summed E-state index contributed by atoms with van der Waals surface area (Å²) in [5.74, 6) is -1.27. The van der Waals surface area contributed by atoms with Gasteiger partial charge >= 0.3 is 6.18 Å². The second-order valence-corrected chi connectivity index (χ2v) is 8.96. The van der Waals surface area contributed by atoms with E-state index in [9.17, 15) is 22.0 Å². The Kier molecular flexibility index (Phi) is 5.93. The van der Waals surface area contributed by atoms with Gasteiger partial charge in [0.1, 0.15) is 17.2 Å². The molecule has 1 saturated carbocycles. The van der Waals surface area contributed by atoms with E-state index >= 15 is 0 Å². The molecule has 1 N–H and O–H groups in total. The number of aromatic nitrogens is 3. The largest absolute Gasteiger partial charge is 0.420 e. The summed E-state index contributed by atoms with van der Waals surface area (Å²) in [4.78, 5) is 6.69. The van der Waals surface area contributed by atoms with Gasteiger partial charge < -0.3 is 5.32 Å². The maximum Gasteiger partial charge on any atom is 0.420 e. The minimum Gasteiger partial charge on any atom is -0.365 e. The van der Waals surface area contributed by atoms with Gasteiger partial charge in [-0.3, -0.25) is 9.88 Å². The molecule has 0 unspecified atom stereocenters. The second-order valence-electron chi connectivity index (χ2n) is 8.96. The minimum absolute atomic E-state index is 0.167. The van der Waals surface area contributed by atoms with Crippen LogP contribution in [0, 0.1) is 23.5 Å². The quantitative estimate of drug-likeness (QED) is 0.517. The van der Waals surface area contributed by atoms with Gasteiger partial charge in [0, 0.05) is 37.4 Å². The molecule has 1 aliphatic heterocycles. The van der Waals surface area contributed by atoms with Gasteiger partial charge in [0.15, 0.2) is 5.82 Å². The van der Waals surface area contributed by atoms with Crippen molar-refractivity contribution in [3.05, 3.63) is 71.6 Å². The molecule has 5 rings (SSSR count). The first-order valence-corrected chi connectivity index (χ1v) is 11.1. The number of nitrogens with zero attached hydrogens (tertiary/aromatic N) is 4. The summed E-state index contributed by atoms with van der Waals surface area (Å²) in [5, 5.41) is 10.4. The van der Waals surface area contributed by atoms with E-state index in [1.807, 2.05) is 18.2 Å². The number of benzene rings is 1. The molecule has 2 aromatic heterocycles. The van der Waals surface area contributed by atoms with Crippen LogP contribution < -0.4 is 5.32 Å². The SMILES string of the molecule is Fc1ccc(F)c(-c2cc(C(F)(F)F)c(NC3C[C@@H]4CN(Cc5ccccn5)C[C@H]4C3)nn2)c1. The molecule has 1 saturated heterocycles. The molecule has 3 aromatic rings. The molecule has 0 spiro atoms. The van der Waals surface area contributed by atoms with E-state index in [4.69, 9.17) is 0 Å². The Morgan fingerprint density at radius 1 is 0.971 bits per heavy atom. The van der Waals surface area contributed by atoms with Gasteiger partial charge in [0.05, 0.1) is 11.4 Å². The van der Waals surface area contributed by atoms with E-state index in [1.54, 1.807) is 6.20 Å². The Morgan fingerprint density at radius 2 is 1.74 bits per heavy atom. The summed E-state index contributed by atoms with van der Waals surface area (Å²) in [6.07, 6.45) is -1.52. The molecule has 5 nitrogen and oxygen atoms in total. The Morgan fingerprint density at radius 3 is 2.41 bits per heavy atom. The number of anilines is 1. The van der Waals surface area contributed by atoms with E-state index in [2.05, 4.69) is 25.4 Å². The lowest BCUT2D eigenvalue weighted by atomic mass is 10.0. The molecule has 2 fully saturated rings. The number of halogens is 5. The number of hydrogen-bond acceptors (Lipinski definition) is 5. The fraction of sp³-hybridized carbons (Fsp3) is 0.375. The van der Waals surface area contributed by atoms with Gasteiger partial charge in [0.25, 0.3) is 0 Å². The van der Waals surface area contributed by atoms with E-state index in [-0.39, 0.29) is 23.1 Å². The highest BCUT2D eigenvalue weighted by atomic mass is 19.4. The van der Waals surface area contributed by atoms with Crippen LogP contribution in [0.4, 0.5) is 27.8 Å². The van der Waals surface area contributed by atoms with Crippen LogP contribution >= 0.6 is 0 Å². The maximum atomic E-state index is 14.1. The molecular formula is C24H22F5N5. The summed E-state index contributed by atoms with van der Waals surface area (Å²) in [5.41, 5.74) is -0.789. The number of pyridine rings is 1. The van der Waals surface area contributed by atoms with Gasteiger partial charge in [-0.2, -0.15) is 13.2 Å². The average molecular weight is 475 g/mol. The third-order valence-corrected chi connectivity index (χ3v) is 6.58. The highest BCUT2D eigenvalue weighted by molar-refractivity contribution is 5.63. The predicted octanol–water partition coefficient (Wildman–Crippen LogP) is 5.16. The van der Waals surface area contributed by atoms with Gasteiger partial charge in [0.2, 0.25) is 0 Å². The molecule has 1 aromatic carbocycles. The summed E-state index contributed by atoms with van der Waals surface area (Å²) in [6, 6.07) is 8.90. The van der Waals surface area contributed by atoms with Crippen LogP contribution in [0.2, 0.25) is 0 Å². The Labute approximate surface area is 193 Å². The summed E-state index contributed by atoms with van der Waals surface area (Å²) < 4.78 is 69.0. The molecule has 2 atom stereocenters. The fourth-order valence-electron chi connectivity index (χ4n) is 5.10. The van der Waals surface area contributed by atoms with Crippen LogP contribution in [0.5, 0.6) is 0 Å². The minimum atomic E-state index is -4.73. The zero-order chi connectivity index (χ0) is 23.9. The third-order valence-electron chi connectivity index (χ3n) is 6.58. The molecule has 2 aliphatic rings. The van der Waals surface area contributed by atoms with E-state index in [1.165, 1.54) is 0 Å². The first-order chi connectivity index (χ1) is 16.3. The smallest absolute Gasteiger partial charge is 0.365 e. The first-order valence-electron chi connectivity index (χ1n) is 11.1. The molecule has 3 heterocycles. The zero-order valence-corrected chi connectivity index (χ0v) is 18.1. The summed E-state index contributed by atoms with van der Waals surface area (Å²) in [7, 11) is 0. The van der Waals surface area contributed by atoms with Crippen LogP contribution in [0.15, 0.2) is 48.7 Å². The van der Waals surface area contributed by atoms with Gasteiger partial charge in [-0.25, -0.2) is 8.78 Å². The lowest BCUT2D eigenvalue weighted by Gasteiger charge is -2.21. The van der Waals surface area contributed by atoms with Crippen LogP contribution in [0.3, 0.4) is 0 Å². The van der Waals surface area contributed by atoms with Crippen LogP contribution in [0.25, 0.3) is 11.3 Å². The van der Waals surface area contributed by atoms with Crippen molar-refractivity contribution < 1.29 is 22.0 Å². The lowest BCUT2D eigenvalue weighted by Crippen LogP contribution is -2.26. The number of fused-ring (bicyclic) bond motifs is 1. The van der Waals surface area contributed by atoms with Crippen molar-refractivity contribution in [2.75, 3.05) is 18.4 Å². The van der Waals surface area contributed by atoms with Gasteiger partial charge in [-0.05, 0) is 61.1 Å². The molecular weight excluding hydrogens is 453 g/mol. The van der Waals surface area contributed by atoms with Crippen molar-refractivity contribution in [3.8, 4) is 11.3 Å². The van der Waals surface area contributed by atoms with Crippen LogP contribution in [0.1, 0.15) is 24.1 Å². The standard InChI is InChI=1S/C24H22F5N5/c25-16-4-5-21(26)19(9-16)22-10-20(24(27,28)29)23(33-32-22)31-18-7-14-11-34(12-15(14)8-18)13-17-3-1-2-6-30-17/h1-6,9-10,14-15,18H,7-8,11-13H2,(H,31,33)/t14-,15-/m1/s1. The number of hydrogen-bond donors (Lipinski definition) is 1. The average Bonchev–Trinajstić information content (AvgIpc) is 3.33.